The molecule has 1 amide bonds. The first-order valence-corrected chi connectivity index (χ1v) is 6.42. The van der Waals surface area contributed by atoms with E-state index in [2.05, 4.69) is 0 Å². The summed E-state index contributed by atoms with van der Waals surface area (Å²) in [4.78, 5) is 11.3. The molecule has 1 unspecified atom stereocenters. The molecule has 7 heteroatoms. The van der Waals surface area contributed by atoms with Gasteiger partial charge in [0.25, 0.3) is 0 Å². The van der Waals surface area contributed by atoms with E-state index in [4.69, 9.17) is 9.84 Å². The molecule has 0 fully saturated rings. The molecule has 1 aromatic rings. The van der Waals surface area contributed by atoms with Crippen LogP contribution in [0, 0.1) is 13.8 Å². The van der Waals surface area contributed by atoms with Gasteiger partial charge in [0.15, 0.2) is 6.10 Å². The van der Waals surface area contributed by atoms with Crippen molar-refractivity contribution in [3.63, 3.8) is 0 Å². The van der Waals surface area contributed by atoms with Crippen LogP contribution in [0.2, 0.25) is 0 Å². The highest BCUT2D eigenvalue weighted by Gasteiger charge is 2.38. The van der Waals surface area contributed by atoms with Crippen molar-refractivity contribution in [2.75, 3.05) is 13.2 Å². The number of aryl methyl sites for hydroxylation is 1. The van der Waals surface area contributed by atoms with Gasteiger partial charge in [0.1, 0.15) is 5.75 Å². The molecule has 0 heterocycles. The average molecular weight is 305 g/mol. The summed E-state index contributed by atoms with van der Waals surface area (Å²) in [5.74, 6) is 0.0294. The smallest absolute Gasteiger partial charge is 0.416 e. The minimum Gasteiger partial charge on any atom is -0.493 e. The van der Waals surface area contributed by atoms with Gasteiger partial charge in [-0.05, 0) is 31.0 Å². The fourth-order valence-corrected chi connectivity index (χ4v) is 1.55. The molecule has 21 heavy (non-hydrogen) atoms. The molecule has 0 radical (unpaired) electrons. The SMILES string of the molecule is Cc1cccc(OCCC(=O)NCC(O)C(F)(F)F)c1C. The quantitative estimate of drug-likeness (QED) is 0.846. The van der Waals surface area contributed by atoms with Crippen LogP contribution < -0.4 is 10.1 Å². The molecule has 2 N–H and O–H groups in total. The van der Waals surface area contributed by atoms with Gasteiger partial charge >= 0.3 is 6.18 Å². The van der Waals surface area contributed by atoms with Gasteiger partial charge in [-0.15, -0.1) is 0 Å². The number of ether oxygens (including phenoxy) is 1. The number of halogens is 3. The van der Waals surface area contributed by atoms with Gasteiger partial charge in [-0.2, -0.15) is 13.2 Å². The van der Waals surface area contributed by atoms with E-state index in [1.807, 2.05) is 31.3 Å². The largest absolute Gasteiger partial charge is 0.493 e. The Morgan fingerprint density at radius 1 is 1.38 bits per heavy atom. The van der Waals surface area contributed by atoms with E-state index in [1.165, 1.54) is 0 Å². The predicted octanol–water partition coefficient (Wildman–Crippen LogP) is 2.11. The molecule has 0 saturated heterocycles. The molecule has 0 aliphatic rings. The third-order valence-electron chi connectivity index (χ3n) is 3.01. The van der Waals surface area contributed by atoms with Crippen molar-refractivity contribution in [3.8, 4) is 5.75 Å². The summed E-state index contributed by atoms with van der Waals surface area (Å²) in [5.41, 5.74) is 2.00. The lowest BCUT2D eigenvalue weighted by molar-refractivity contribution is -0.201. The first-order chi connectivity index (χ1) is 9.71. The Bertz CT molecular complexity index is 489. The molecule has 4 nitrogen and oxygen atoms in total. The van der Waals surface area contributed by atoms with Crippen LogP contribution in [0.3, 0.4) is 0 Å². The third-order valence-corrected chi connectivity index (χ3v) is 3.01. The third kappa shape index (κ3) is 5.63. The standard InChI is InChI=1S/C14H18F3NO3/c1-9-4-3-5-11(10(9)2)21-7-6-13(20)18-8-12(19)14(15,16)17/h3-5,12,19H,6-8H2,1-2H3,(H,18,20). The fourth-order valence-electron chi connectivity index (χ4n) is 1.55. The van der Waals surface area contributed by atoms with Gasteiger partial charge in [0.2, 0.25) is 5.91 Å². The van der Waals surface area contributed by atoms with Gasteiger partial charge in [-0.3, -0.25) is 4.79 Å². The summed E-state index contributed by atoms with van der Waals surface area (Å²) < 4.78 is 41.5. The highest BCUT2D eigenvalue weighted by Crippen LogP contribution is 2.21. The lowest BCUT2D eigenvalue weighted by Gasteiger charge is -2.15. The number of benzene rings is 1. The average Bonchev–Trinajstić information content (AvgIpc) is 2.39. The number of carbonyl (C=O) groups is 1. The van der Waals surface area contributed by atoms with E-state index in [-0.39, 0.29) is 13.0 Å². The second-order valence-corrected chi connectivity index (χ2v) is 4.66. The van der Waals surface area contributed by atoms with Crippen LogP contribution in [-0.2, 0) is 4.79 Å². The van der Waals surface area contributed by atoms with Crippen molar-refractivity contribution >= 4 is 5.91 Å². The number of nitrogens with one attached hydrogen (secondary N) is 1. The van der Waals surface area contributed by atoms with E-state index in [1.54, 1.807) is 6.07 Å². The monoisotopic (exact) mass is 305 g/mol. The van der Waals surface area contributed by atoms with Crippen LogP contribution in [0.1, 0.15) is 17.5 Å². The van der Waals surface area contributed by atoms with Crippen molar-refractivity contribution in [1.82, 2.24) is 5.32 Å². The molecule has 0 saturated carbocycles. The molecule has 1 atom stereocenters. The second-order valence-electron chi connectivity index (χ2n) is 4.66. The number of aliphatic hydroxyl groups is 1. The van der Waals surface area contributed by atoms with Crippen molar-refractivity contribution in [3.05, 3.63) is 29.3 Å². The Kier molecular flexibility index (Phi) is 6.02. The normalized spacial score (nSPS) is 12.9. The summed E-state index contributed by atoms with van der Waals surface area (Å²) in [7, 11) is 0. The molecule has 0 aliphatic carbocycles. The Morgan fingerprint density at radius 3 is 2.67 bits per heavy atom. The number of carbonyl (C=O) groups excluding carboxylic acids is 1. The number of hydrogen-bond donors (Lipinski definition) is 2. The van der Waals surface area contributed by atoms with Crippen LogP contribution in [0.5, 0.6) is 5.75 Å². The number of amides is 1. The highest BCUT2D eigenvalue weighted by molar-refractivity contribution is 5.76. The van der Waals surface area contributed by atoms with Crippen molar-refractivity contribution in [1.29, 1.82) is 0 Å². The molecule has 1 rings (SSSR count). The van der Waals surface area contributed by atoms with E-state index < -0.39 is 24.7 Å². The van der Waals surface area contributed by atoms with Crippen LogP contribution in [0.25, 0.3) is 0 Å². The van der Waals surface area contributed by atoms with Gasteiger partial charge in [-0.25, -0.2) is 0 Å². The van der Waals surface area contributed by atoms with Crippen molar-refractivity contribution in [2.45, 2.75) is 32.5 Å². The zero-order valence-corrected chi connectivity index (χ0v) is 11.8. The van der Waals surface area contributed by atoms with E-state index in [9.17, 15) is 18.0 Å². The number of alkyl halides is 3. The number of hydrogen-bond acceptors (Lipinski definition) is 3. The Balaban J connectivity index is 2.33. The first kappa shape index (κ1) is 17.3. The molecule has 1 aromatic carbocycles. The lowest BCUT2D eigenvalue weighted by atomic mass is 10.1. The van der Waals surface area contributed by atoms with Gasteiger partial charge in [0, 0.05) is 0 Å². The fraction of sp³-hybridized carbons (Fsp3) is 0.500. The molecule has 0 spiro atoms. The summed E-state index contributed by atoms with van der Waals surface area (Å²) >= 11 is 0. The maximum Gasteiger partial charge on any atom is 0.416 e. The van der Waals surface area contributed by atoms with Crippen molar-refractivity contribution < 1.29 is 27.8 Å². The maximum absolute atomic E-state index is 12.0. The first-order valence-electron chi connectivity index (χ1n) is 6.42. The van der Waals surface area contributed by atoms with Gasteiger partial charge in [0.05, 0.1) is 19.6 Å². The maximum atomic E-state index is 12.0. The summed E-state index contributed by atoms with van der Waals surface area (Å²) in [5, 5.41) is 10.7. The molecular weight excluding hydrogens is 287 g/mol. The Labute approximate surface area is 120 Å². The minimum atomic E-state index is -4.73. The van der Waals surface area contributed by atoms with Crippen LogP contribution in [0.15, 0.2) is 18.2 Å². The van der Waals surface area contributed by atoms with Crippen molar-refractivity contribution in [2.24, 2.45) is 0 Å². The van der Waals surface area contributed by atoms with E-state index in [0.29, 0.717) is 5.75 Å². The van der Waals surface area contributed by atoms with E-state index in [0.717, 1.165) is 11.1 Å². The molecular formula is C14H18F3NO3. The van der Waals surface area contributed by atoms with Crippen LogP contribution >= 0.6 is 0 Å². The highest BCUT2D eigenvalue weighted by atomic mass is 19.4. The Hall–Kier alpha value is -1.76. The lowest BCUT2D eigenvalue weighted by Crippen LogP contribution is -2.40. The second kappa shape index (κ2) is 7.31. The molecule has 118 valence electrons. The molecule has 0 aliphatic heterocycles. The zero-order chi connectivity index (χ0) is 16.0. The van der Waals surface area contributed by atoms with E-state index >= 15 is 0 Å². The van der Waals surface area contributed by atoms with Gasteiger partial charge in [-0.1, -0.05) is 12.1 Å². The van der Waals surface area contributed by atoms with Gasteiger partial charge < -0.3 is 15.2 Å². The summed E-state index contributed by atoms with van der Waals surface area (Å²) in [6, 6.07) is 5.50. The Morgan fingerprint density at radius 2 is 2.05 bits per heavy atom. The predicted molar refractivity (Wildman–Crippen MR) is 71.1 cm³/mol. The topological polar surface area (TPSA) is 58.6 Å². The molecule has 0 aromatic heterocycles. The minimum absolute atomic E-state index is 0.0538. The molecule has 0 bridgehead atoms. The number of aliphatic hydroxyl groups excluding tert-OH is 1. The van der Waals surface area contributed by atoms with Crippen LogP contribution in [0.4, 0.5) is 13.2 Å². The zero-order valence-electron chi connectivity index (χ0n) is 11.8. The van der Waals surface area contributed by atoms with Crippen LogP contribution in [-0.4, -0.2) is 36.4 Å². The number of rotatable bonds is 6. The summed E-state index contributed by atoms with van der Waals surface area (Å²) in [6.45, 7) is 3.00. The summed E-state index contributed by atoms with van der Waals surface area (Å²) in [6.07, 6.45) is -7.37.